The van der Waals surface area contributed by atoms with Crippen LogP contribution < -0.4 is 5.32 Å². The molecule has 3 rings (SSSR count). The molecule has 7 heteroatoms. The summed E-state index contributed by atoms with van der Waals surface area (Å²) in [6, 6.07) is 5.36. The van der Waals surface area contributed by atoms with Crippen molar-refractivity contribution in [1.82, 2.24) is 10.2 Å². The molecule has 2 aliphatic rings. The molecule has 0 spiro atoms. The second-order valence-corrected chi connectivity index (χ2v) is 6.51. The predicted molar refractivity (Wildman–Crippen MR) is 83.2 cm³/mol. The number of nitro benzene ring substituents is 1. The molecule has 0 radical (unpaired) electrons. The molecule has 1 saturated heterocycles. The minimum Gasteiger partial charge on any atom is -0.348 e. The molecule has 0 bridgehead atoms. The number of halogens is 1. The predicted octanol–water partition coefficient (Wildman–Crippen LogP) is 2.60. The van der Waals surface area contributed by atoms with Crippen LogP contribution in [0.4, 0.5) is 5.69 Å². The van der Waals surface area contributed by atoms with Crippen molar-refractivity contribution < 1.29 is 9.72 Å². The lowest BCUT2D eigenvalue weighted by molar-refractivity contribution is -0.384. The van der Waals surface area contributed by atoms with Gasteiger partial charge in [0.1, 0.15) is 5.02 Å². The van der Waals surface area contributed by atoms with Gasteiger partial charge in [-0.2, -0.15) is 0 Å². The van der Waals surface area contributed by atoms with Gasteiger partial charge in [-0.3, -0.25) is 19.8 Å². The number of nitrogens with one attached hydrogen (secondary N) is 1. The molecule has 2 fully saturated rings. The van der Waals surface area contributed by atoms with Gasteiger partial charge in [-0.05, 0) is 38.3 Å². The van der Waals surface area contributed by atoms with Gasteiger partial charge >= 0.3 is 0 Å². The van der Waals surface area contributed by atoms with Crippen molar-refractivity contribution in [3.05, 3.63) is 38.9 Å². The summed E-state index contributed by atoms with van der Waals surface area (Å²) in [4.78, 5) is 24.9. The smallest absolute Gasteiger partial charge is 0.287 e. The van der Waals surface area contributed by atoms with Crippen LogP contribution >= 0.6 is 11.6 Å². The van der Waals surface area contributed by atoms with E-state index in [4.69, 9.17) is 11.6 Å². The zero-order valence-corrected chi connectivity index (χ0v) is 13.0. The Bertz CT molecular complexity index is 618. The Morgan fingerprint density at radius 1 is 1.45 bits per heavy atom. The molecule has 1 aromatic carbocycles. The monoisotopic (exact) mass is 323 g/mol. The molecule has 1 saturated carbocycles. The van der Waals surface area contributed by atoms with Crippen molar-refractivity contribution in [2.24, 2.45) is 0 Å². The van der Waals surface area contributed by atoms with Crippen molar-refractivity contribution in [2.75, 3.05) is 6.54 Å². The van der Waals surface area contributed by atoms with Crippen LogP contribution in [-0.4, -0.2) is 40.4 Å². The quantitative estimate of drug-likeness (QED) is 0.682. The van der Waals surface area contributed by atoms with Gasteiger partial charge in [0.05, 0.1) is 4.92 Å². The Morgan fingerprint density at radius 3 is 2.77 bits per heavy atom. The van der Waals surface area contributed by atoms with Crippen LogP contribution in [0.1, 0.15) is 36.5 Å². The first-order valence-electron chi connectivity index (χ1n) is 7.46. The Hall–Kier alpha value is -1.66. The maximum atomic E-state index is 12.3. The van der Waals surface area contributed by atoms with Crippen molar-refractivity contribution in [1.29, 1.82) is 0 Å². The van der Waals surface area contributed by atoms with E-state index < -0.39 is 4.92 Å². The molecule has 1 heterocycles. The van der Waals surface area contributed by atoms with Gasteiger partial charge in [0, 0.05) is 36.3 Å². The summed E-state index contributed by atoms with van der Waals surface area (Å²) in [5, 5.41) is 13.7. The van der Waals surface area contributed by atoms with Crippen LogP contribution in [0.25, 0.3) is 0 Å². The average molecular weight is 324 g/mol. The molecule has 1 aromatic rings. The summed E-state index contributed by atoms with van der Waals surface area (Å²) in [5.41, 5.74) is 0.167. The Balaban J connectivity index is 1.65. The highest BCUT2D eigenvalue weighted by molar-refractivity contribution is 6.33. The second kappa shape index (κ2) is 5.85. The zero-order valence-electron chi connectivity index (χ0n) is 12.3. The largest absolute Gasteiger partial charge is 0.348 e. The van der Waals surface area contributed by atoms with Gasteiger partial charge in [-0.25, -0.2) is 0 Å². The van der Waals surface area contributed by atoms with Gasteiger partial charge in [-0.1, -0.05) is 11.6 Å². The molecule has 0 unspecified atom stereocenters. The van der Waals surface area contributed by atoms with Gasteiger partial charge in [0.15, 0.2) is 0 Å². The zero-order chi connectivity index (χ0) is 15.9. The third-order valence-corrected chi connectivity index (χ3v) is 4.68. The fraction of sp³-hybridized carbons (Fsp3) is 0.533. The van der Waals surface area contributed by atoms with Gasteiger partial charge in [0.2, 0.25) is 0 Å². The number of nitrogens with zero attached hydrogens (tertiary/aromatic N) is 2. The molecule has 1 aliphatic heterocycles. The van der Waals surface area contributed by atoms with E-state index in [2.05, 4.69) is 17.1 Å². The lowest BCUT2D eigenvalue weighted by Gasteiger charge is -2.19. The summed E-state index contributed by atoms with van der Waals surface area (Å²) in [6.45, 7) is 3.06. The Labute approximate surface area is 133 Å². The van der Waals surface area contributed by atoms with Crippen LogP contribution in [-0.2, 0) is 0 Å². The molecule has 1 amide bonds. The second-order valence-electron chi connectivity index (χ2n) is 6.11. The molecule has 118 valence electrons. The van der Waals surface area contributed by atoms with E-state index >= 15 is 0 Å². The van der Waals surface area contributed by atoms with Crippen LogP contribution in [0.3, 0.4) is 0 Å². The molecule has 0 aromatic heterocycles. The van der Waals surface area contributed by atoms with Crippen molar-refractivity contribution >= 4 is 23.2 Å². The van der Waals surface area contributed by atoms with E-state index in [0.29, 0.717) is 17.6 Å². The SMILES string of the molecule is C[C@@H]1C[C@H](NC(=O)c2ccc([N+](=O)[O-])c(Cl)c2)CN1C1CC1. The normalized spacial score (nSPS) is 25.2. The number of rotatable bonds is 4. The highest BCUT2D eigenvalue weighted by atomic mass is 35.5. The third-order valence-electron chi connectivity index (χ3n) is 4.38. The molecule has 6 nitrogen and oxygen atoms in total. The third kappa shape index (κ3) is 3.08. The Kier molecular flexibility index (Phi) is 4.06. The maximum Gasteiger partial charge on any atom is 0.287 e. The van der Waals surface area contributed by atoms with Crippen LogP contribution in [0, 0.1) is 10.1 Å². The summed E-state index contributed by atoms with van der Waals surface area (Å²) in [7, 11) is 0. The van der Waals surface area contributed by atoms with Gasteiger partial charge in [0.25, 0.3) is 11.6 Å². The molecule has 2 atom stereocenters. The molecular formula is C15H18ClN3O3. The average Bonchev–Trinajstić information content (AvgIpc) is 3.22. The van der Waals surface area contributed by atoms with E-state index in [1.165, 1.54) is 31.0 Å². The number of nitro groups is 1. The lowest BCUT2D eigenvalue weighted by Crippen LogP contribution is -2.37. The van der Waals surface area contributed by atoms with Crippen molar-refractivity contribution in [2.45, 2.75) is 44.3 Å². The summed E-state index contributed by atoms with van der Waals surface area (Å²) in [6.07, 6.45) is 3.44. The Morgan fingerprint density at radius 2 is 2.18 bits per heavy atom. The maximum absolute atomic E-state index is 12.3. The van der Waals surface area contributed by atoms with Crippen molar-refractivity contribution in [3.63, 3.8) is 0 Å². The highest BCUT2D eigenvalue weighted by Crippen LogP contribution is 2.33. The van der Waals surface area contributed by atoms with E-state index in [1.54, 1.807) is 0 Å². The number of carbonyl (C=O) groups excluding carboxylic acids is 1. The van der Waals surface area contributed by atoms with Crippen LogP contribution in [0.2, 0.25) is 5.02 Å². The van der Waals surface area contributed by atoms with Crippen LogP contribution in [0.5, 0.6) is 0 Å². The fourth-order valence-electron chi connectivity index (χ4n) is 3.14. The molecule has 1 N–H and O–H groups in total. The van der Waals surface area contributed by atoms with E-state index in [-0.39, 0.29) is 22.7 Å². The first-order valence-corrected chi connectivity index (χ1v) is 7.84. The summed E-state index contributed by atoms with van der Waals surface area (Å²) in [5.74, 6) is -0.230. The van der Waals surface area contributed by atoms with Gasteiger partial charge in [-0.15, -0.1) is 0 Å². The standard InChI is InChI=1S/C15H18ClN3O3/c1-9-6-11(8-18(9)12-3-4-12)17-15(20)10-2-5-14(19(21)22)13(16)7-10/h2,5,7,9,11-12H,3-4,6,8H2,1H3,(H,17,20)/t9-,11+/m1/s1. The van der Waals surface area contributed by atoms with E-state index in [9.17, 15) is 14.9 Å². The first kappa shape index (κ1) is 15.2. The first-order chi connectivity index (χ1) is 10.5. The minimum absolute atomic E-state index is 0.0166. The van der Waals surface area contributed by atoms with E-state index in [1.807, 2.05) is 0 Å². The molecule has 1 aliphatic carbocycles. The number of amides is 1. The van der Waals surface area contributed by atoms with Gasteiger partial charge < -0.3 is 5.32 Å². The summed E-state index contributed by atoms with van der Waals surface area (Å²) < 4.78 is 0. The number of carbonyl (C=O) groups is 1. The number of benzene rings is 1. The molecule has 22 heavy (non-hydrogen) atoms. The van der Waals surface area contributed by atoms with E-state index in [0.717, 1.165) is 13.0 Å². The molecular weight excluding hydrogens is 306 g/mol. The summed E-state index contributed by atoms with van der Waals surface area (Å²) >= 11 is 5.85. The number of hydrogen-bond donors (Lipinski definition) is 1. The number of hydrogen-bond acceptors (Lipinski definition) is 4. The van der Waals surface area contributed by atoms with Crippen LogP contribution in [0.15, 0.2) is 18.2 Å². The number of likely N-dealkylation sites (tertiary alicyclic amines) is 1. The highest BCUT2D eigenvalue weighted by Gasteiger charge is 2.39. The lowest BCUT2D eigenvalue weighted by atomic mass is 10.1. The topological polar surface area (TPSA) is 75.5 Å². The fourth-order valence-corrected chi connectivity index (χ4v) is 3.39. The minimum atomic E-state index is -0.559. The van der Waals surface area contributed by atoms with Crippen molar-refractivity contribution in [3.8, 4) is 0 Å².